The molecule has 0 aromatic heterocycles. The van der Waals surface area contributed by atoms with Crippen LogP contribution in [0.3, 0.4) is 0 Å². The summed E-state index contributed by atoms with van der Waals surface area (Å²) in [4.78, 5) is 13.9. The van der Waals surface area contributed by atoms with Gasteiger partial charge in [-0.05, 0) is 82.6 Å². The fourth-order valence-electron chi connectivity index (χ4n) is 6.62. The minimum Gasteiger partial charge on any atom is -0.477 e. The van der Waals surface area contributed by atoms with Gasteiger partial charge in [-0.3, -0.25) is 0 Å². The lowest BCUT2D eigenvalue weighted by Gasteiger charge is -2.40. The topological polar surface area (TPSA) is 64.3 Å². The second-order valence-electron chi connectivity index (χ2n) is 11.2. The molecule has 1 aliphatic carbocycles. The Morgan fingerprint density at radius 2 is 1.51 bits per heavy atom. The number of benzene rings is 4. The van der Waals surface area contributed by atoms with Crippen LogP contribution in [0.4, 0.5) is 11.4 Å². The highest BCUT2D eigenvalue weighted by Crippen LogP contribution is 2.55. The molecule has 1 saturated carbocycles. The van der Waals surface area contributed by atoms with Crippen LogP contribution in [0.5, 0.6) is 0 Å². The van der Waals surface area contributed by atoms with Gasteiger partial charge in [0, 0.05) is 22.8 Å². The monoisotopic (exact) mass is 536 g/mol. The van der Waals surface area contributed by atoms with Crippen molar-refractivity contribution in [2.24, 2.45) is 0 Å². The number of nitrogens with zero attached hydrogens (tertiary/aromatic N) is 2. The van der Waals surface area contributed by atoms with Crippen molar-refractivity contribution in [3.63, 3.8) is 0 Å². The summed E-state index contributed by atoms with van der Waals surface area (Å²) in [5.41, 5.74) is 8.71. The predicted octanol–water partition coefficient (Wildman–Crippen LogP) is 8.62. The second kappa shape index (κ2) is 10.9. The Balaban J connectivity index is 1.39. The zero-order valence-electron chi connectivity index (χ0n) is 23.1. The molecule has 4 nitrogen and oxygen atoms in total. The van der Waals surface area contributed by atoms with Gasteiger partial charge in [-0.1, -0.05) is 98.6 Å². The van der Waals surface area contributed by atoms with E-state index in [1.807, 2.05) is 18.2 Å². The van der Waals surface area contributed by atoms with E-state index in [1.165, 1.54) is 46.9 Å². The van der Waals surface area contributed by atoms with Crippen LogP contribution in [0.25, 0.3) is 17.7 Å². The maximum atomic E-state index is 11.4. The summed E-state index contributed by atoms with van der Waals surface area (Å²) in [5, 5.41) is 18.6. The Kier molecular flexibility index (Phi) is 7.03. The van der Waals surface area contributed by atoms with E-state index in [0.717, 1.165) is 29.7 Å². The summed E-state index contributed by atoms with van der Waals surface area (Å²) in [6.07, 6.45) is 8.27. The summed E-state index contributed by atoms with van der Waals surface area (Å²) in [6.45, 7) is 2.34. The summed E-state index contributed by atoms with van der Waals surface area (Å²) < 4.78 is 0. The number of carboxylic acid groups (broad SMARTS) is 1. The molecule has 0 saturated heterocycles. The third-order valence-corrected chi connectivity index (χ3v) is 8.68. The molecule has 1 heterocycles. The summed E-state index contributed by atoms with van der Waals surface area (Å²) in [5.74, 6) is -1.20. The van der Waals surface area contributed by atoms with E-state index >= 15 is 0 Å². The van der Waals surface area contributed by atoms with Crippen molar-refractivity contribution in [1.82, 2.24) is 0 Å². The quantitative estimate of drug-likeness (QED) is 0.152. The Morgan fingerprint density at radius 1 is 0.878 bits per heavy atom. The van der Waals surface area contributed by atoms with Crippen molar-refractivity contribution in [2.75, 3.05) is 4.90 Å². The van der Waals surface area contributed by atoms with Crippen LogP contribution in [0, 0.1) is 11.3 Å². The van der Waals surface area contributed by atoms with Crippen molar-refractivity contribution >= 4 is 35.1 Å². The molecule has 1 N–H and O–H groups in total. The van der Waals surface area contributed by atoms with E-state index in [4.69, 9.17) is 0 Å². The Labute approximate surface area is 241 Å². The summed E-state index contributed by atoms with van der Waals surface area (Å²) in [7, 11) is 0. The molecule has 1 aliphatic heterocycles. The first kappa shape index (κ1) is 26.3. The zero-order valence-corrected chi connectivity index (χ0v) is 23.1. The van der Waals surface area contributed by atoms with Gasteiger partial charge in [0.1, 0.15) is 11.6 Å². The Bertz CT molecular complexity index is 1640. The van der Waals surface area contributed by atoms with Crippen molar-refractivity contribution in [3.8, 4) is 6.07 Å². The van der Waals surface area contributed by atoms with Gasteiger partial charge < -0.3 is 10.0 Å². The number of fused-ring (bicyclic) bond motifs is 3. The van der Waals surface area contributed by atoms with Gasteiger partial charge in [-0.15, -0.1) is 0 Å². The minimum atomic E-state index is -1.20. The van der Waals surface area contributed by atoms with Crippen molar-refractivity contribution < 1.29 is 9.90 Å². The van der Waals surface area contributed by atoms with Crippen LogP contribution in [0.15, 0.2) is 109 Å². The highest BCUT2D eigenvalue weighted by atomic mass is 16.4. The number of hydrogen-bond donors (Lipinski definition) is 1. The SMILES string of the molecule is CC12CCCCC1N(c1ccc(C=C(c3ccccc3)c3ccccc3)cc1)c1ccc(/C=C(\C#N)C(=O)O)cc12. The van der Waals surface area contributed by atoms with Crippen LogP contribution in [-0.4, -0.2) is 17.1 Å². The summed E-state index contributed by atoms with van der Waals surface area (Å²) in [6, 6.07) is 38.1. The van der Waals surface area contributed by atoms with Crippen LogP contribution in [-0.2, 0) is 10.2 Å². The Hall–Kier alpha value is -4.88. The maximum absolute atomic E-state index is 11.4. The van der Waals surface area contributed by atoms with Gasteiger partial charge in [0.15, 0.2) is 0 Å². The predicted molar refractivity (Wildman–Crippen MR) is 166 cm³/mol. The molecule has 4 aromatic carbocycles. The lowest BCUT2D eigenvalue weighted by molar-refractivity contribution is -0.132. The molecule has 0 amide bonds. The molecule has 0 bridgehead atoms. The fourth-order valence-corrected chi connectivity index (χ4v) is 6.62. The fraction of sp³-hybridized carbons (Fsp3) is 0.189. The zero-order chi connectivity index (χ0) is 28.4. The molecule has 1 fully saturated rings. The van der Waals surface area contributed by atoms with E-state index in [9.17, 15) is 15.2 Å². The van der Waals surface area contributed by atoms with E-state index in [2.05, 4.69) is 103 Å². The smallest absolute Gasteiger partial charge is 0.346 e. The Morgan fingerprint density at radius 3 is 2.12 bits per heavy atom. The van der Waals surface area contributed by atoms with Gasteiger partial charge in [-0.2, -0.15) is 5.26 Å². The van der Waals surface area contributed by atoms with Crippen LogP contribution in [0.2, 0.25) is 0 Å². The van der Waals surface area contributed by atoms with E-state index in [-0.39, 0.29) is 11.0 Å². The van der Waals surface area contributed by atoms with Gasteiger partial charge >= 0.3 is 5.97 Å². The lowest BCUT2D eigenvalue weighted by Crippen LogP contribution is -2.43. The number of carboxylic acids is 1. The largest absolute Gasteiger partial charge is 0.477 e. The van der Waals surface area contributed by atoms with Crippen molar-refractivity contribution in [3.05, 3.63) is 137 Å². The first-order valence-corrected chi connectivity index (χ1v) is 14.2. The molecule has 6 rings (SSSR count). The second-order valence-corrected chi connectivity index (χ2v) is 11.2. The molecular weight excluding hydrogens is 504 g/mol. The highest BCUT2D eigenvalue weighted by Gasteiger charge is 2.49. The van der Waals surface area contributed by atoms with Crippen molar-refractivity contribution in [1.29, 1.82) is 5.26 Å². The van der Waals surface area contributed by atoms with E-state index in [1.54, 1.807) is 6.07 Å². The van der Waals surface area contributed by atoms with Gasteiger partial charge in [0.05, 0.1) is 0 Å². The number of hydrogen-bond acceptors (Lipinski definition) is 3. The molecule has 202 valence electrons. The minimum absolute atomic E-state index is 0.0418. The molecule has 2 aliphatic rings. The van der Waals surface area contributed by atoms with E-state index < -0.39 is 5.97 Å². The average Bonchev–Trinajstić information content (AvgIpc) is 3.27. The molecule has 4 heteroatoms. The number of nitriles is 1. The molecule has 4 aromatic rings. The molecule has 0 spiro atoms. The molecular formula is C37H32N2O2. The molecule has 41 heavy (non-hydrogen) atoms. The highest BCUT2D eigenvalue weighted by molar-refractivity contribution is 5.96. The third kappa shape index (κ3) is 4.96. The number of rotatable bonds is 6. The molecule has 2 unspecified atom stereocenters. The molecule has 2 atom stereocenters. The normalized spacial score (nSPS) is 19.6. The van der Waals surface area contributed by atoms with Crippen LogP contribution in [0.1, 0.15) is 60.4 Å². The maximum Gasteiger partial charge on any atom is 0.346 e. The molecule has 0 radical (unpaired) electrons. The first-order chi connectivity index (χ1) is 20.0. The van der Waals surface area contributed by atoms with Crippen LogP contribution < -0.4 is 4.90 Å². The van der Waals surface area contributed by atoms with Crippen LogP contribution >= 0.6 is 0 Å². The average molecular weight is 537 g/mol. The number of carbonyl (C=O) groups is 1. The van der Waals surface area contributed by atoms with Gasteiger partial charge in [0.2, 0.25) is 0 Å². The van der Waals surface area contributed by atoms with Crippen molar-refractivity contribution in [2.45, 2.75) is 44.1 Å². The number of anilines is 2. The summed E-state index contributed by atoms with van der Waals surface area (Å²) >= 11 is 0. The van der Waals surface area contributed by atoms with E-state index in [0.29, 0.717) is 6.04 Å². The lowest BCUT2D eigenvalue weighted by atomic mass is 9.69. The standard InChI is InChI=1S/C37H32N2O2/c1-37-21-9-8-14-35(37)39(34-20-17-27(24-33(34)37)22-30(25-38)36(40)41)31-18-15-26(16-19-31)23-32(28-10-4-2-5-11-28)29-12-6-3-7-13-29/h2-7,10-13,15-20,22-24,35H,8-9,14,21H2,1H3,(H,40,41)/b30-22+. The third-order valence-electron chi connectivity index (χ3n) is 8.68. The number of aliphatic carboxylic acids is 1. The van der Waals surface area contributed by atoms with Gasteiger partial charge in [0.25, 0.3) is 0 Å². The first-order valence-electron chi connectivity index (χ1n) is 14.2. The van der Waals surface area contributed by atoms with Gasteiger partial charge in [-0.25, -0.2) is 4.79 Å².